The zero-order valence-corrected chi connectivity index (χ0v) is 15.9. The van der Waals surface area contributed by atoms with Crippen molar-refractivity contribution in [3.8, 4) is 11.6 Å². The Morgan fingerprint density at radius 1 is 1.07 bits per heavy atom. The highest BCUT2D eigenvalue weighted by atomic mass is 32.2. The Bertz CT molecular complexity index is 1230. The van der Waals surface area contributed by atoms with Gasteiger partial charge in [-0.2, -0.15) is 8.75 Å². The van der Waals surface area contributed by atoms with Crippen LogP contribution in [0.2, 0.25) is 0 Å². The summed E-state index contributed by atoms with van der Waals surface area (Å²) in [6, 6.07) is 13.6. The quantitative estimate of drug-likeness (QED) is 0.517. The summed E-state index contributed by atoms with van der Waals surface area (Å²) in [6.45, 7) is 0.0403. The van der Waals surface area contributed by atoms with E-state index in [9.17, 15) is 12.8 Å². The molecule has 0 bridgehead atoms. The Kier molecular flexibility index (Phi) is 4.99. The average molecular weight is 416 g/mol. The van der Waals surface area contributed by atoms with Gasteiger partial charge in [0.25, 0.3) is 0 Å². The van der Waals surface area contributed by atoms with Crippen molar-refractivity contribution in [1.82, 2.24) is 18.5 Å². The van der Waals surface area contributed by atoms with Crippen molar-refractivity contribution in [1.29, 1.82) is 0 Å². The van der Waals surface area contributed by atoms with Crippen molar-refractivity contribution >= 4 is 32.8 Å². The van der Waals surface area contributed by atoms with E-state index >= 15 is 0 Å². The van der Waals surface area contributed by atoms with Crippen molar-refractivity contribution in [2.75, 3.05) is 0 Å². The van der Waals surface area contributed by atoms with Crippen molar-refractivity contribution in [2.24, 2.45) is 0 Å². The number of benzene rings is 2. The summed E-state index contributed by atoms with van der Waals surface area (Å²) in [5.41, 5.74) is 1.53. The molecule has 7 nitrogen and oxygen atoms in total. The number of hydrogen-bond donors (Lipinski definition) is 1. The molecule has 0 aliphatic rings. The lowest BCUT2D eigenvalue weighted by atomic mass is 10.3. The second-order valence-corrected chi connectivity index (χ2v) is 8.03. The topological polar surface area (TPSA) is 94.1 Å². The first-order chi connectivity index (χ1) is 13.5. The van der Waals surface area contributed by atoms with Crippen LogP contribution < -0.4 is 9.46 Å². The van der Waals surface area contributed by atoms with Gasteiger partial charge in [-0.05, 0) is 48.0 Å². The third-order valence-corrected chi connectivity index (χ3v) is 5.82. The summed E-state index contributed by atoms with van der Waals surface area (Å²) >= 11 is 0.961. The number of sulfonamides is 1. The van der Waals surface area contributed by atoms with Gasteiger partial charge in [0.05, 0.1) is 11.7 Å². The molecule has 2 aromatic carbocycles. The second kappa shape index (κ2) is 7.58. The fraction of sp³-hybridized carbons (Fsp3) is 0.0556. The summed E-state index contributed by atoms with van der Waals surface area (Å²) in [5.74, 6) is 0.331. The molecule has 4 rings (SSSR count). The largest absolute Gasteiger partial charge is 0.439 e. The van der Waals surface area contributed by atoms with E-state index in [0.717, 1.165) is 11.7 Å². The molecule has 0 fully saturated rings. The predicted molar refractivity (Wildman–Crippen MR) is 102 cm³/mol. The molecule has 0 saturated carbocycles. The van der Waals surface area contributed by atoms with Gasteiger partial charge in [-0.3, -0.25) is 0 Å². The van der Waals surface area contributed by atoms with Crippen LogP contribution in [0, 0.1) is 5.82 Å². The standard InChI is InChI=1S/C18H13FN4O3S2/c19-13-4-6-14(7-5-13)26-17-10-12(8-9-20-17)11-21-28(24,25)16-3-1-2-15-18(16)23-27-22-15/h1-10,21H,11H2. The van der Waals surface area contributed by atoms with Crippen LogP contribution in [0.15, 0.2) is 65.7 Å². The number of nitrogens with zero attached hydrogens (tertiary/aromatic N) is 3. The van der Waals surface area contributed by atoms with E-state index in [1.54, 1.807) is 24.3 Å². The smallest absolute Gasteiger partial charge is 0.243 e. The van der Waals surface area contributed by atoms with Gasteiger partial charge in [0, 0.05) is 18.8 Å². The van der Waals surface area contributed by atoms with Gasteiger partial charge >= 0.3 is 0 Å². The summed E-state index contributed by atoms with van der Waals surface area (Å²) in [4.78, 5) is 4.16. The molecule has 0 aliphatic heterocycles. The number of hydrogen-bond acceptors (Lipinski definition) is 7. The molecule has 0 atom stereocenters. The minimum atomic E-state index is -3.78. The lowest BCUT2D eigenvalue weighted by Gasteiger charge is -2.09. The molecule has 2 heterocycles. The van der Waals surface area contributed by atoms with Gasteiger partial charge in [-0.15, -0.1) is 0 Å². The third kappa shape index (κ3) is 3.98. The normalized spacial score (nSPS) is 11.6. The molecule has 0 unspecified atom stereocenters. The molecule has 0 saturated heterocycles. The second-order valence-electron chi connectivity index (χ2n) is 5.77. The molecule has 1 N–H and O–H groups in total. The van der Waals surface area contributed by atoms with Crippen LogP contribution in [-0.2, 0) is 16.6 Å². The maximum atomic E-state index is 13.0. The van der Waals surface area contributed by atoms with E-state index in [4.69, 9.17) is 4.74 Å². The third-order valence-electron chi connectivity index (χ3n) is 3.84. The van der Waals surface area contributed by atoms with Crippen molar-refractivity contribution < 1.29 is 17.5 Å². The Morgan fingerprint density at radius 2 is 1.89 bits per heavy atom. The first kappa shape index (κ1) is 18.4. The van der Waals surface area contributed by atoms with E-state index in [-0.39, 0.29) is 23.1 Å². The van der Waals surface area contributed by atoms with E-state index in [1.807, 2.05) is 0 Å². The molecule has 0 amide bonds. The summed E-state index contributed by atoms with van der Waals surface area (Å²) in [6.07, 6.45) is 1.51. The maximum absolute atomic E-state index is 13.0. The number of aromatic nitrogens is 3. The van der Waals surface area contributed by atoms with Crippen LogP contribution in [-0.4, -0.2) is 22.1 Å². The molecule has 4 aromatic rings. The first-order valence-electron chi connectivity index (χ1n) is 8.10. The van der Waals surface area contributed by atoms with E-state index in [2.05, 4.69) is 18.5 Å². The van der Waals surface area contributed by atoms with Crippen molar-refractivity contribution in [3.63, 3.8) is 0 Å². The van der Waals surface area contributed by atoms with Crippen LogP contribution in [0.5, 0.6) is 11.6 Å². The van der Waals surface area contributed by atoms with Gasteiger partial charge < -0.3 is 4.74 Å². The minimum absolute atomic E-state index is 0.0403. The molecule has 0 spiro atoms. The number of ether oxygens (including phenoxy) is 1. The number of halogens is 1. The zero-order chi connectivity index (χ0) is 19.6. The molecule has 142 valence electrons. The number of fused-ring (bicyclic) bond motifs is 1. The summed E-state index contributed by atoms with van der Waals surface area (Å²) in [5, 5.41) is 0. The van der Waals surface area contributed by atoms with Gasteiger partial charge in [-0.25, -0.2) is 22.5 Å². The monoisotopic (exact) mass is 416 g/mol. The Morgan fingerprint density at radius 3 is 2.71 bits per heavy atom. The SMILES string of the molecule is O=S(=O)(NCc1ccnc(Oc2ccc(F)cc2)c1)c1cccc2nsnc12. The van der Waals surface area contributed by atoms with E-state index < -0.39 is 10.0 Å². The van der Waals surface area contributed by atoms with Gasteiger partial charge in [0.1, 0.15) is 27.5 Å². The molecule has 0 aliphatic carbocycles. The van der Waals surface area contributed by atoms with Gasteiger partial charge in [0.15, 0.2) is 0 Å². The van der Waals surface area contributed by atoms with Crippen molar-refractivity contribution in [3.05, 3.63) is 72.2 Å². The summed E-state index contributed by atoms with van der Waals surface area (Å²) < 4.78 is 54.5. The fourth-order valence-electron chi connectivity index (χ4n) is 2.49. The number of nitrogens with one attached hydrogen (secondary N) is 1. The number of rotatable bonds is 6. The van der Waals surface area contributed by atoms with Crippen LogP contribution in [0.1, 0.15) is 5.56 Å². The van der Waals surface area contributed by atoms with Crippen molar-refractivity contribution in [2.45, 2.75) is 11.4 Å². The predicted octanol–water partition coefficient (Wildman–Crippen LogP) is 3.50. The molecule has 0 radical (unpaired) electrons. The Hall–Kier alpha value is -2.95. The van der Waals surface area contributed by atoms with Gasteiger partial charge in [-0.1, -0.05) is 6.07 Å². The minimum Gasteiger partial charge on any atom is -0.439 e. The average Bonchev–Trinajstić information content (AvgIpc) is 3.17. The highest BCUT2D eigenvalue weighted by Gasteiger charge is 2.19. The Labute approximate surface area is 164 Å². The van der Waals surface area contributed by atoms with Gasteiger partial charge in [0.2, 0.25) is 15.9 Å². The lowest BCUT2D eigenvalue weighted by molar-refractivity contribution is 0.460. The molecular formula is C18H13FN4O3S2. The molecular weight excluding hydrogens is 403 g/mol. The molecule has 2 aromatic heterocycles. The number of pyridine rings is 1. The van der Waals surface area contributed by atoms with E-state index in [0.29, 0.717) is 22.3 Å². The van der Waals surface area contributed by atoms with Crippen LogP contribution in [0.4, 0.5) is 4.39 Å². The first-order valence-corrected chi connectivity index (χ1v) is 10.3. The molecule has 10 heteroatoms. The van der Waals surface area contributed by atoms with E-state index in [1.165, 1.54) is 36.5 Å². The van der Waals surface area contributed by atoms with Crippen LogP contribution in [0.3, 0.4) is 0 Å². The highest BCUT2D eigenvalue weighted by Crippen LogP contribution is 2.22. The summed E-state index contributed by atoms with van der Waals surface area (Å²) in [7, 11) is -3.78. The van der Waals surface area contributed by atoms with Crippen LogP contribution in [0.25, 0.3) is 11.0 Å². The highest BCUT2D eigenvalue weighted by molar-refractivity contribution is 7.89. The fourth-order valence-corrected chi connectivity index (χ4v) is 4.28. The lowest BCUT2D eigenvalue weighted by Crippen LogP contribution is -2.23. The zero-order valence-electron chi connectivity index (χ0n) is 14.2. The molecule has 28 heavy (non-hydrogen) atoms. The maximum Gasteiger partial charge on any atom is 0.243 e. The van der Waals surface area contributed by atoms with Crippen LogP contribution >= 0.6 is 11.7 Å². The Balaban J connectivity index is 1.50.